The third-order valence-corrected chi connectivity index (χ3v) is 1.87. The molecule has 0 nitrogen and oxygen atoms in total. The summed E-state index contributed by atoms with van der Waals surface area (Å²) >= 11 is 3.11. The van der Waals surface area contributed by atoms with Gasteiger partial charge in [0.1, 0.15) is 0 Å². The van der Waals surface area contributed by atoms with Crippen LogP contribution in [0, 0.1) is 5.92 Å². The van der Waals surface area contributed by atoms with E-state index in [1.54, 1.807) is 0 Å². The highest BCUT2D eigenvalue weighted by Crippen LogP contribution is 2.50. The van der Waals surface area contributed by atoms with Crippen LogP contribution in [0.5, 0.6) is 0 Å². The molecule has 0 saturated heterocycles. The molecule has 48 valence electrons. The molecule has 0 radical (unpaired) electrons. The average molecular weight is 185 g/mol. The van der Waals surface area contributed by atoms with Crippen LogP contribution in [0.4, 0.5) is 8.78 Å². The van der Waals surface area contributed by atoms with Crippen LogP contribution >= 0.6 is 15.9 Å². The summed E-state index contributed by atoms with van der Waals surface area (Å²) in [5.41, 5.74) is 0. The number of hydrogen-bond acceptors (Lipinski definition) is 0. The minimum Gasteiger partial charge on any atom is -0.207 e. The van der Waals surface area contributed by atoms with E-state index in [9.17, 15) is 8.78 Å². The summed E-state index contributed by atoms with van der Waals surface area (Å²) < 4.78 is 23.9. The van der Waals surface area contributed by atoms with Crippen molar-refractivity contribution in [2.75, 3.05) is 5.33 Å². The van der Waals surface area contributed by atoms with Gasteiger partial charge in [0.05, 0.1) is 0 Å². The first-order valence-corrected chi connectivity index (χ1v) is 3.73. The molecule has 3 heteroatoms. The Morgan fingerprint density at radius 3 is 2.25 bits per heavy atom. The summed E-state index contributed by atoms with van der Waals surface area (Å²) in [7, 11) is 0. The number of hydrogen-bond donors (Lipinski definition) is 0. The quantitative estimate of drug-likeness (QED) is 0.579. The Morgan fingerprint density at radius 2 is 2.12 bits per heavy atom. The zero-order valence-corrected chi connectivity index (χ0v) is 5.92. The van der Waals surface area contributed by atoms with Crippen molar-refractivity contribution in [3.63, 3.8) is 0 Å². The molecule has 0 aromatic carbocycles. The normalized spacial score (nSPS) is 32.6. The molecule has 0 N–H and O–H groups in total. The lowest BCUT2D eigenvalue weighted by atomic mass is 10.3. The second-order valence-electron chi connectivity index (χ2n) is 2.14. The minimum absolute atomic E-state index is 0.110. The first-order valence-electron chi connectivity index (χ1n) is 2.60. The van der Waals surface area contributed by atoms with Crippen LogP contribution in [0.2, 0.25) is 0 Å². The van der Waals surface area contributed by atoms with Crippen LogP contribution in [-0.4, -0.2) is 11.3 Å². The molecular formula is C5H7BrF2. The van der Waals surface area contributed by atoms with Crippen molar-refractivity contribution in [1.29, 1.82) is 0 Å². The highest BCUT2D eigenvalue weighted by atomic mass is 79.9. The van der Waals surface area contributed by atoms with Crippen LogP contribution in [0.1, 0.15) is 12.8 Å². The summed E-state index contributed by atoms with van der Waals surface area (Å²) in [5, 5.41) is 0.702. The zero-order chi connectivity index (χ0) is 6.20. The molecule has 8 heavy (non-hydrogen) atoms. The lowest BCUT2D eigenvalue weighted by molar-refractivity contribution is 0.0984. The van der Waals surface area contributed by atoms with E-state index < -0.39 is 5.92 Å². The van der Waals surface area contributed by atoms with E-state index >= 15 is 0 Å². The molecule has 1 atom stereocenters. The van der Waals surface area contributed by atoms with Crippen LogP contribution in [0.15, 0.2) is 0 Å². The molecule has 0 unspecified atom stereocenters. The number of rotatable bonds is 2. The van der Waals surface area contributed by atoms with Crippen molar-refractivity contribution in [2.45, 2.75) is 18.8 Å². The van der Waals surface area contributed by atoms with E-state index in [4.69, 9.17) is 0 Å². The largest absolute Gasteiger partial charge is 0.251 e. The van der Waals surface area contributed by atoms with Gasteiger partial charge in [0, 0.05) is 17.7 Å². The molecule has 0 spiro atoms. The molecule has 0 aromatic heterocycles. The van der Waals surface area contributed by atoms with E-state index in [-0.39, 0.29) is 12.3 Å². The van der Waals surface area contributed by atoms with E-state index in [0.29, 0.717) is 11.8 Å². The fraction of sp³-hybridized carbons (Fsp3) is 1.00. The highest BCUT2D eigenvalue weighted by Gasteiger charge is 2.55. The summed E-state index contributed by atoms with van der Waals surface area (Å²) in [6.07, 6.45) is 0.728. The molecule has 0 aliphatic heterocycles. The van der Waals surface area contributed by atoms with Gasteiger partial charge in [-0.3, -0.25) is 0 Å². The maximum Gasteiger partial charge on any atom is 0.251 e. The lowest BCUT2D eigenvalue weighted by Gasteiger charge is -1.90. The van der Waals surface area contributed by atoms with Gasteiger partial charge in [0.2, 0.25) is 0 Å². The minimum atomic E-state index is -2.31. The van der Waals surface area contributed by atoms with Crippen molar-refractivity contribution in [3.8, 4) is 0 Å². The monoisotopic (exact) mass is 184 g/mol. The molecule has 0 heterocycles. The van der Waals surface area contributed by atoms with Gasteiger partial charge in [-0.05, 0) is 6.42 Å². The summed E-state index contributed by atoms with van der Waals surface area (Å²) in [4.78, 5) is 0. The van der Waals surface area contributed by atoms with Gasteiger partial charge in [-0.15, -0.1) is 0 Å². The first kappa shape index (κ1) is 6.46. The summed E-state index contributed by atoms with van der Waals surface area (Å²) in [5.74, 6) is -2.63. The van der Waals surface area contributed by atoms with E-state index in [1.807, 2.05) is 0 Å². The molecule has 0 aromatic rings. The highest BCUT2D eigenvalue weighted by molar-refractivity contribution is 9.09. The predicted octanol–water partition coefficient (Wildman–Crippen LogP) is 2.43. The van der Waals surface area contributed by atoms with Gasteiger partial charge >= 0.3 is 0 Å². The SMILES string of the molecule is FC1(F)C[C@@H]1CCBr. The maximum atomic E-state index is 12.0. The Kier molecular flexibility index (Phi) is 1.56. The molecule has 1 aliphatic carbocycles. The molecule has 0 bridgehead atoms. The molecule has 1 aliphatic rings. The molecule has 0 amide bonds. The molecule has 1 rings (SSSR count). The van der Waals surface area contributed by atoms with Crippen LogP contribution in [0.25, 0.3) is 0 Å². The van der Waals surface area contributed by atoms with Gasteiger partial charge in [0.25, 0.3) is 5.92 Å². The van der Waals surface area contributed by atoms with Crippen LogP contribution in [-0.2, 0) is 0 Å². The third kappa shape index (κ3) is 1.19. The fourth-order valence-corrected chi connectivity index (χ4v) is 1.27. The smallest absolute Gasteiger partial charge is 0.207 e. The predicted molar refractivity (Wildman–Crippen MR) is 31.5 cm³/mol. The first-order chi connectivity index (χ1) is 3.67. The fourth-order valence-electron chi connectivity index (χ4n) is 0.715. The topological polar surface area (TPSA) is 0 Å². The standard InChI is InChI=1S/C5H7BrF2/c6-2-1-4-3-5(4,7)8/h4H,1-3H2/t4-/m0/s1. The Hall–Kier alpha value is 0.340. The Balaban J connectivity index is 2.17. The van der Waals surface area contributed by atoms with Crippen molar-refractivity contribution < 1.29 is 8.78 Å². The van der Waals surface area contributed by atoms with Gasteiger partial charge in [-0.25, -0.2) is 8.78 Å². The van der Waals surface area contributed by atoms with Gasteiger partial charge < -0.3 is 0 Å². The summed E-state index contributed by atoms with van der Waals surface area (Å²) in [6, 6.07) is 0. The second-order valence-corrected chi connectivity index (χ2v) is 2.93. The van der Waals surface area contributed by atoms with Crippen molar-refractivity contribution in [2.24, 2.45) is 5.92 Å². The molecule has 1 saturated carbocycles. The van der Waals surface area contributed by atoms with Gasteiger partial charge in [0.15, 0.2) is 0 Å². The van der Waals surface area contributed by atoms with Crippen molar-refractivity contribution >= 4 is 15.9 Å². The summed E-state index contributed by atoms with van der Waals surface area (Å²) in [6.45, 7) is 0. The van der Waals surface area contributed by atoms with E-state index in [2.05, 4.69) is 15.9 Å². The Labute approximate surface area is 55.4 Å². The average Bonchev–Trinajstić information content (AvgIpc) is 2.15. The van der Waals surface area contributed by atoms with Crippen LogP contribution in [0.3, 0.4) is 0 Å². The second kappa shape index (κ2) is 1.94. The Morgan fingerprint density at radius 1 is 1.62 bits per heavy atom. The van der Waals surface area contributed by atoms with Gasteiger partial charge in [-0.2, -0.15) is 0 Å². The molecule has 1 fully saturated rings. The number of alkyl halides is 3. The van der Waals surface area contributed by atoms with Gasteiger partial charge in [-0.1, -0.05) is 15.9 Å². The zero-order valence-electron chi connectivity index (χ0n) is 4.33. The third-order valence-electron chi connectivity index (χ3n) is 1.41. The van der Waals surface area contributed by atoms with Crippen LogP contribution < -0.4 is 0 Å². The molecular weight excluding hydrogens is 178 g/mol. The lowest BCUT2D eigenvalue weighted by Crippen LogP contribution is -1.92. The van der Waals surface area contributed by atoms with Crippen molar-refractivity contribution in [3.05, 3.63) is 0 Å². The Bertz CT molecular complexity index is 92.4. The number of halogens is 3. The van der Waals surface area contributed by atoms with E-state index in [1.165, 1.54) is 0 Å². The van der Waals surface area contributed by atoms with Crippen molar-refractivity contribution in [1.82, 2.24) is 0 Å². The maximum absolute atomic E-state index is 12.0. The van der Waals surface area contributed by atoms with E-state index in [0.717, 1.165) is 0 Å².